The standard InChI is InChI=1S/C38H45N5O7S/c1-5-12-28(32(44)35(46)39-26-19-20-26)40-34(45)30-22-38(21-29(41-50-38)25-14-7-6-8-15-25)23-43(30)36(47)33(37(2,3)4)42-51(48,49)31-18-11-16-24-13-9-10-17-27(24)31/h6-11,13-18,21,26,28,30,33,41-42H,5,12,19-20,22-23H2,1-4H3,(H,39,46)(H,40,45)/t28-,30-,33+,38+/m0/s1. The normalized spacial score (nSPS) is 21.5. The van der Waals surface area contributed by atoms with E-state index in [4.69, 9.17) is 4.84 Å². The fraction of sp³-hybridized carbons (Fsp3) is 0.421. The Bertz CT molecular complexity index is 1970. The first-order chi connectivity index (χ1) is 24.2. The molecule has 1 saturated carbocycles. The second-order valence-electron chi connectivity index (χ2n) is 14.7. The van der Waals surface area contributed by atoms with E-state index in [1.54, 1.807) is 39.0 Å². The number of hydroxylamine groups is 1. The van der Waals surface area contributed by atoms with Gasteiger partial charge in [-0.25, -0.2) is 8.42 Å². The van der Waals surface area contributed by atoms with Crippen LogP contribution < -0.4 is 20.8 Å². The second-order valence-corrected chi connectivity index (χ2v) is 16.4. The number of benzene rings is 3. The number of Topliss-reactive ketones (excluding diaryl/α,β-unsaturated/α-hetero) is 1. The summed E-state index contributed by atoms with van der Waals surface area (Å²) in [6.07, 6.45) is 4.19. The van der Waals surface area contributed by atoms with Crippen molar-refractivity contribution in [1.82, 2.24) is 25.7 Å². The van der Waals surface area contributed by atoms with Crippen LogP contribution in [0, 0.1) is 5.41 Å². The SMILES string of the molecule is CCC[C@H](NC(=O)[C@@H]1C[C@]2(C=C(c3ccccc3)NO2)CN1C(=O)[C@@H](NS(=O)(=O)c1cccc2ccccc12)C(C)(C)C)C(=O)C(=O)NC1CC1. The number of ketones is 1. The van der Waals surface area contributed by atoms with E-state index in [9.17, 15) is 27.6 Å². The highest BCUT2D eigenvalue weighted by molar-refractivity contribution is 7.89. The molecule has 0 bridgehead atoms. The van der Waals surface area contributed by atoms with Gasteiger partial charge in [0, 0.05) is 17.8 Å². The smallest absolute Gasteiger partial charge is 0.289 e. The van der Waals surface area contributed by atoms with E-state index in [1.807, 2.05) is 61.5 Å². The van der Waals surface area contributed by atoms with Gasteiger partial charge in [0.05, 0.1) is 23.2 Å². The summed E-state index contributed by atoms with van der Waals surface area (Å²) < 4.78 is 30.8. The monoisotopic (exact) mass is 715 g/mol. The zero-order valence-corrected chi connectivity index (χ0v) is 30.1. The van der Waals surface area contributed by atoms with Gasteiger partial charge < -0.3 is 15.5 Å². The largest absolute Gasteiger partial charge is 0.347 e. The van der Waals surface area contributed by atoms with Crippen molar-refractivity contribution in [3.63, 3.8) is 0 Å². The summed E-state index contributed by atoms with van der Waals surface area (Å²) in [4.78, 5) is 62.3. The Morgan fingerprint density at radius 3 is 2.35 bits per heavy atom. The van der Waals surface area contributed by atoms with Crippen molar-refractivity contribution < 1.29 is 32.4 Å². The van der Waals surface area contributed by atoms with Crippen LogP contribution in [0.2, 0.25) is 0 Å². The molecular weight excluding hydrogens is 671 g/mol. The minimum absolute atomic E-state index is 0.0160. The molecule has 1 spiro atoms. The Morgan fingerprint density at radius 1 is 0.980 bits per heavy atom. The summed E-state index contributed by atoms with van der Waals surface area (Å²) >= 11 is 0. The maximum Gasteiger partial charge on any atom is 0.289 e. The zero-order chi connectivity index (χ0) is 36.6. The molecule has 0 unspecified atom stereocenters. The molecule has 3 aromatic rings. The number of fused-ring (bicyclic) bond motifs is 1. The summed E-state index contributed by atoms with van der Waals surface area (Å²) in [5.41, 5.74) is 2.36. The number of likely N-dealkylation sites (tertiary alicyclic amines) is 1. The molecule has 0 aromatic heterocycles. The van der Waals surface area contributed by atoms with Gasteiger partial charge in [-0.3, -0.25) is 29.5 Å². The molecule has 2 fully saturated rings. The van der Waals surface area contributed by atoms with Crippen molar-refractivity contribution in [2.75, 3.05) is 6.54 Å². The van der Waals surface area contributed by atoms with Gasteiger partial charge in [-0.15, -0.1) is 0 Å². The number of hydrogen-bond donors (Lipinski definition) is 4. The Morgan fingerprint density at radius 2 is 1.67 bits per heavy atom. The third-order valence-corrected chi connectivity index (χ3v) is 11.0. The number of hydrogen-bond acceptors (Lipinski definition) is 8. The summed E-state index contributed by atoms with van der Waals surface area (Å²) in [5, 5.41) is 6.69. The molecule has 270 valence electrons. The first-order valence-electron chi connectivity index (χ1n) is 17.4. The summed E-state index contributed by atoms with van der Waals surface area (Å²) in [7, 11) is -4.25. The highest BCUT2D eigenvalue weighted by Gasteiger charge is 2.54. The molecule has 0 radical (unpaired) electrons. The predicted octanol–water partition coefficient (Wildman–Crippen LogP) is 3.58. The van der Waals surface area contributed by atoms with Crippen LogP contribution in [0.25, 0.3) is 16.5 Å². The quantitative estimate of drug-likeness (QED) is 0.207. The lowest BCUT2D eigenvalue weighted by Gasteiger charge is -2.35. The molecule has 51 heavy (non-hydrogen) atoms. The molecule has 1 saturated heterocycles. The van der Waals surface area contributed by atoms with Crippen molar-refractivity contribution in [3.05, 3.63) is 84.4 Å². The number of rotatable bonds is 12. The highest BCUT2D eigenvalue weighted by Crippen LogP contribution is 2.39. The summed E-state index contributed by atoms with van der Waals surface area (Å²) in [6.45, 7) is 7.01. The van der Waals surface area contributed by atoms with Crippen LogP contribution in [0.15, 0.2) is 83.8 Å². The molecule has 1 aliphatic carbocycles. The molecule has 4 atom stereocenters. The van der Waals surface area contributed by atoms with Crippen molar-refractivity contribution in [2.45, 2.75) is 94.5 Å². The summed E-state index contributed by atoms with van der Waals surface area (Å²) in [5.74, 6) is -2.76. The van der Waals surface area contributed by atoms with Crippen molar-refractivity contribution in [2.24, 2.45) is 5.41 Å². The van der Waals surface area contributed by atoms with E-state index in [0.717, 1.165) is 23.8 Å². The Hall–Kier alpha value is -4.59. The van der Waals surface area contributed by atoms with Gasteiger partial charge in [-0.2, -0.15) is 4.72 Å². The first-order valence-corrected chi connectivity index (χ1v) is 18.9. The predicted molar refractivity (Wildman–Crippen MR) is 192 cm³/mol. The maximum absolute atomic E-state index is 14.7. The van der Waals surface area contributed by atoms with E-state index in [1.165, 1.54) is 11.0 Å². The van der Waals surface area contributed by atoms with Crippen LogP contribution in [0.4, 0.5) is 0 Å². The van der Waals surface area contributed by atoms with Gasteiger partial charge in [0.1, 0.15) is 17.7 Å². The number of amides is 3. The molecular formula is C38H45N5O7S. The average molecular weight is 716 g/mol. The van der Waals surface area contributed by atoms with Gasteiger partial charge in [0.2, 0.25) is 27.6 Å². The number of sulfonamides is 1. The van der Waals surface area contributed by atoms with Gasteiger partial charge in [-0.1, -0.05) is 101 Å². The topological polar surface area (TPSA) is 163 Å². The fourth-order valence-corrected chi connectivity index (χ4v) is 8.29. The highest BCUT2D eigenvalue weighted by atomic mass is 32.2. The molecule has 6 rings (SSSR count). The lowest BCUT2D eigenvalue weighted by Crippen LogP contribution is -2.59. The van der Waals surface area contributed by atoms with Crippen LogP contribution in [0.5, 0.6) is 0 Å². The number of carbonyl (C=O) groups excluding carboxylic acids is 4. The van der Waals surface area contributed by atoms with E-state index >= 15 is 0 Å². The molecule has 13 heteroatoms. The number of nitrogens with zero attached hydrogens (tertiary/aromatic N) is 1. The van der Waals surface area contributed by atoms with Crippen molar-refractivity contribution in [1.29, 1.82) is 0 Å². The fourth-order valence-electron chi connectivity index (χ4n) is 6.66. The molecule has 3 aromatic carbocycles. The maximum atomic E-state index is 14.7. The zero-order valence-electron chi connectivity index (χ0n) is 29.3. The Labute approximate surface area is 298 Å². The number of carbonyl (C=O) groups is 4. The van der Waals surface area contributed by atoms with Crippen LogP contribution in [-0.4, -0.2) is 73.1 Å². The minimum atomic E-state index is -4.25. The molecule has 2 aliphatic heterocycles. The Balaban J connectivity index is 1.33. The summed E-state index contributed by atoms with van der Waals surface area (Å²) in [6, 6.07) is 17.9. The molecule has 3 aliphatic rings. The van der Waals surface area contributed by atoms with Crippen LogP contribution in [0.1, 0.15) is 65.4 Å². The third-order valence-electron chi connectivity index (χ3n) is 9.57. The van der Waals surface area contributed by atoms with Crippen LogP contribution in [-0.2, 0) is 34.0 Å². The number of nitrogens with one attached hydrogen (secondary N) is 4. The lowest BCUT2D eigenvalue weighted by molar-refractivity contribution is -0.144. The minimum Gasteiger partial charge on any atom is -0.347 e. The van der Waals surface area contributed by atoms with Gasteiger partial charge in [0.15, 0.2) is 0 Å². The van der Waals surface area contributed by atoms with E-state index < -0.39 is 62.7 Å². The molecule has 12 nitrogen and oxygen atoms in total. The Kier molecular flexibility index (Phi) is 10.1. The molecule has 3 amide bonds. The lowest BCUT2D eigenvalue weighted by atomic mass is 9.86. The van der Waals surface area contributed by atoms with Crippen molar-refractivity contribution >= 4 is 50.0 Å². The van der Waals surface area contributed by atoms with Gasteiger partial charge in [-0.05, 0) is 47.8 Å². The van der Waals surface area contributed by atoms with Gasteiger partial charge in [0.25, 0.3) is 5.91 Å². The van der Waals surface area contributed by atoms with Crippen molar-refractivity contribution in [3.8, 4) is 0 Å². The average Bonchev–Trinajstić information content (AvgIpc) is 3.70. The van der Waals surface area contributed by atoms with E-state index in [-0.39, 0.29) is 30.3 Å². The van der Waals surface area contributed by atoms with Crippen LogP contribution in [0.3, 0.4) is 0 Å². The first kappa shape index (κ1) is 36.2. The molecule has 4 N–H and O–H groups in total. The van der Waals surface area contributed by atoms with E-state index in [0.29, 0.717) is 17.5 Å². The van der Waals surface area contributed by atoms with Gasteiger partial charge >= 0.3 is 0 Å². The van der Waals surface area contributed by atoms with Crippen LogP contribution >= 0.6 is 0 Å². The van der Waals surface area contributed by atoms with E-state index in [2.05, 4.69) is 20.8 Å². The third kappa shape index (κ3) is 7.85. The second kappa shape index (κ2) is 14.2. The molecule has 2 heterocycles.